The lowest BCUT2D eigenvalue weighted by Gasteiger charge is -2.06. The lowest BCUT2D eigenvalue weighted by molar-refractivity contribution is -0.112. The third-order valence-electron chi connectivity index (χ3n) is 2.37. The molecule has 1 N–H and O–H groups in total. The van der Waals surface area contributed by atoms with Gasteiger partial charge >= 0.3 is 0 Å². The summed E-state index contributed by atoms with van der Waals surface area (Å²) in [6, 6.07) is 10.3. The van der Waals surface area contributed by atoms with E-state index in [1.165, 1.54) is 23.5 Å². The minimum Gasteiger partial charge on any atom is -0.320 e. The van der Waals surface area contributed by atoms with Crippen molar-refractivity contribution in [3.63, 3.8) is 0 Å². The number of rotatable bonds is 3. The van der Waals surface area contributed by atoms with E-state index in [0.717, 1.165) is 4.88 Å². The van der Waals surface area contributed by atoms with Gasteiger partial charge < -0.3 is 5.32 Å². The van der Waals surface area contributed by atoms with Gasteiger partial charge in [0.2, 0.25) is 0 Å². The Hall–Kier alpha value is -1.80. The maximum Gasteiger partial charge on any atom is 0.266 e. The van der Waals surface area contributed by atoms with Gasteiger partial charge in [-0.25, -0.2) is 0 Å². The second kappa shape index (κ2) is 6.58. The first-order valence-electron chi connectivity index (χ1n) is 5.52. The summed E-state index contributed by atoms with van der Waals surface area (Å²) in [4.78, 5) is 12.9. The van der Waals surface area contributed by atoms with E-state index in [1.54, 1.807) is 12.1 Å². The number of hydrogen-bond donors (Lipinski definition) is 1. The van der Waals surface area contributed by atoms with Crippen molar-refractivity contribution in [1.82, 2.24) is 0 Å². The molecule has 20 heavy (non-hydrogen) atoms. The van der Waals surface area contributed by atoms with Crippen LogP contribution in [-0.2, 0) is 4.79 Å². The normalized spacial score (nSPS) is 10.9. The van der Waals surface area contributed by atoms with Crippen LogP contribution >= 0.6 is 34.5 Å². The van der Waals surface area contributed by atoms with Gasteiger partial charge in [-0.2, -0.15) is 5.26 Å². The molecule has 0 atom stereocenters. The van der Waals surface area contributed by atoms with Gasteiger partial charge in [0.25, 0.3) is 5.91 Å². The highest BCUT2D eigenvalue weighted by Crippen LogP contribution is 2.26. The van der Waals surface area contributed by atoms with Gasteiger partial charge in [0, 0.05) is 9.90 Å². The third-order valence-corrected chi connectivity index (χ3v) is 3.76. The fourth-order valence-electron chi connectivity index (χ4n) is 1.45. The van der Waals surface area contributed by atoms with Crippen LogP contribution in [0.3, 0.4) is 0 Å². The predicted octanol–water partition coefficient (Wildman–Crippen LogP) is 4.60. The van der Waals surface area contributed by atoms with Crippen molar-refractivity contribution >= 4 is 52.2 Å². The Bertz CT molecular complexity index is 702. The molecule has 1 aromatic carbocycles. The summed E-state index contributed by atoms with van der Waals surface area (Å²) in [7, 11) is 0. The molecule has 2 aromatic rings. The Morgan fingerprint density at radius 1 is 1.35 bits per heavy atom. The largest absolute Gasteiger partial charge is 0.320 e. The number of nitriles is 1. The standard InChI is InChI=1S/C14H8Cl2N2OS/c15-10-3-4-12(16)13(7-10)18-14(19)9(8-17)6-11-2-1-5-20-11/h1-7H,(H,18,19)/b9-6+. The molecule has 2 rings (SSSR count). The quantitative estimate of drug-likeness (QED) is 0.663. The molecule has 3 nitrogen and oxygen atoms in total. The van der Waals surface area contributed by atoms with E-state index in [4.69, 9.17) is 28.5 Å². The van der Waals surface area contributed by atoms with Crippen molar-refractivity contribution in [3.05, 3.63) is 56.2 Å². The summed E-state index contributed by atoms with van der Waals surface area (Å²) in [6.45, 7) is 0. The number of carbonyl (C=O) groups is 1. The molecular weight excluding hydrogens is 315 g/mol. The highest BCUT2D eigenvalue weighted by Gasteiger charge is 2.12. The minimum atomic E-state index is -0.523. The zero-order valence-corrected chi connectivity index (χ0v) is 12.4. The van der Waals surface area contributed by atoms with Crippen LogP contribution in [-0.4, -0.2) is 5.91 Å². The lowest BCUT2D eigenvalue weighted by Crippen LogP contribution is -2.13. The number of amides is 1. The highest BCUT2D eigenvalue weighted by atomic mass is 35.5. The molecule has 6 heteroatoms. The number of hydrogen-bond acceptors (Lipinski definition) is 3. The van der Waals surface area contributed by atoms with Gasteiger partial charge in [-0.15, -0.1) is 11.3 Å². The van der Waals surface area contributed by atoms with Gasteiger partial charge in [0.1, 0.15) is 11.6 Å². The van der Waals surface area contributed by atoms with Gasteiger partial charge in [0.15, 0.2) is 0 Å². The monoisotopic (exact) mass is 322 g/mol. The van der Waals surface area contributed by atoms with Crippen molar-refractivity contribution < 1.29 is 4.79 Å². The Balaban J connectivity index is 2.23. The van der Waals surface area contributed by atoms with Crippen molar-refractivity contribution in [2.75, 3.05) is 5.32 Å². The summed E-state index contributed by atoms with van der Waals surface area (Å²) in [6.07, 6.45) is 1.53. The Morgan fingerprint density at radius 3 is 2.80 bits per heavy atom. The molecule has 0 saturated carbocycles. The van der Waals surface area contributed by atoms with E-state index >= 15 is 0 Å². The topological polar surface area (TPSA) is 52.9 Å². The number of carbonyl (C=O) groups excluding carboxylic acids is 1. The first kappa shape index (κ1) is 14.6. The van der Waals surface area contributed by atoms with E-state index in [2.05, 4.69) is 5.32 Å². The summed E-state index contributed by atoms with van der Waals surface area (Å²) in [5, 5.41) is 14.3. The second-order valence-corrected chi connectivity index (χ2v) is 5.59. The van der Waals surface area contributed by atoms with Crippen LogP contribution < -0.4 is 5.32 Å². The van der Waals surface area contributed by atoms with Crippen LogP contribution in [0.2, 0.25) is 10.0 Å². The summed E-state index contributed by atoms with van der Waals surface area (Å²) in [5.41, 5.74) is 0.375. The van der Waals surface area contributed by atoms with Crippen LogP contribution in [0.1, 0.15) is 4.88 Å². The van der Waals surface area contributed by atoms with Crippen LogP contribution in [0.4, 0.5) is 5.69 Å². The molecule has 0 bridgehead atoms. The number of thiophene rings is 1. The average molecular weight is 323 g/mol. The lowest BCUT2D eigenvalue weighted by atomic mass is 10.2. The summed E-state index contributed by atoms with van der Waals surface area (Å²) < 4.78 is 0. The maximum absolute atomic E-state index is 12.0. The third kappa shape index (κ3) is 3.61. The predicted molar refractivity (Wildman–Crippen MR) is 83.0 cm³/mol. The molecule has 1 heterocycles. The van der Waals surface area contributed by atoms with Gasteiger partial charge in [0.05, 0.1) is 10.7 Å². The molecule has 0 unspecified atom stereocenters. The number of nitrogens with one attached hydrogen (secondary N) is 1. The fraction of sp³-hybridized carbons (Fsp3) is 0. The smallest absolute Gasteiger partial charge is 0.266 e. The highest BCUT2D eigenvalue weighted by molar-refractivity contribution is 7.10. The second-order valence-electron chi connectivity index (χ2n) is 3.76. The number of benzene rings is 1. The van der Waals surface area contributed by atoms with Gasteiger partial charge in [-0.3, -0.25) is 4.79 Å². The van der Waals surface area contributed by atoms with E-state index in [0.29, 0.717) is 15.7 Å². The molecule has 1 amide bonds. The summed E-state index contributed by atoms with van der Waals surface area (Å²) in [5.74, 6) is -0.523. The van der Waals surface area contributed by atoms with Gasteiger partial charge in [-0.1, -0.05) is 29.3 Å². The summed E-state index contributed by atoms with van der Waals surface area (Å²) >= 11 is 13.2. The Morgan fingerprint density at radius 2 is 2.15 bits per heavy atom. The average Bonchev–Trinajstić information content (AvgIpc) is 2.93. The molecule has 0 radical (unpaired) electrons. The van der Waals surface area contributed by atoms with E-state index in [-0.39, 0.29) is 5.57 Å². The van der Waals surface area contributed by atoms with Gasteiger partial charge in [-0.05, 0) is 35.7 Å². The molecule has 0 spiro atoms. The number of anilines is 1. The SMILES string of the molecule is N#C/C(=C\c1cccs1)C(=O)Nc1cc(Cl)ccc1Cl. The Kier molecular flexibility index (Phi) is 4.80. The first-order chi connectivity index (χ1) is 9.60. The van der Waals surface area contributed by atoms with Crippen LogP contribution in [0.5, 0.6) is 0 Å². The molecule has 1 aromatic heterocycles. The van der Waals surface area contributed by atoms with E-state index in [9.17, 15) is 4.79 Å². The van der Waals surface area contributed by atoms with Crippen molar-refractivity contribution in [2.45, 2.75) is 0 Å². The number of nitrogens with zero attached hydrogens (tertiary/aromatic N) is 1. The number of halogens is 2. The fourth-order valence-corrected chi connectivity index (χ4v) is 2.44. The zero-order chi connectivity index (χ0) is 14.5. The Labute approximate surface area is 130 Å². The molecular formula is C14H8Cl2N2OS. The van der Waals surface area contributed by atoms with Crippen molar-refractivity contribution in [2.24, 2.45) is 0 Å². The van der Waals surface area contributed by atoms with E-state index < -0.39 is 5.91 Å². The minimum absolute atomic E-state index is 0.00323. The molecule has 0 aliphatic carbocycles. The molecule has 100 valence electrons. The molecule has 0 saturated heterocycles. The van der Waals surface area contributed by atoms with E-state index in [1.807, 2.05) is 23.6 Å². The maximum atomic E-state index is 12.0. The molecule has 0 aliphatic rings. The molecule has 0 fully saturated rings. The van der Waals surface area contributed by atoms with Crippen molar-refractivity contribution in [1.29, 1.82) is 5.26 Å². The van der Waals surface area contributed by atoms with Crippen LogP contribution in [0.25, 0.3) is 6.08 Å². The molecule has 0 aliphatic heterocycles. The first-order valence-corrected chi connectivity index (χ1v) is 7.15. The van der Waals surface area contributed by atoms with Crippen molar-refractivity contribution in [3.8, 4) is 6.07 Å². The zero-order valence-electron chi connectivity index (χ0n) is 10.1. The van der Waals surface area contributed by atoms with Crippen LogP contribution in [0, 0.1) is 11.3 Å². The van der Waals surface area contributed by atoms with Crippen LogP contribution in [0.15, 0.2) is 41.3 Å².